The van der Waals surface area contributed by atoms with Crippen LogP contribution >= 0.6 is 0 Å². The summed E-state index contributed by atoms with van der Waals surface area (Å²) in [5.41, 5.74) is 6.29. The van der Waals surface area contributed by atoms with Gasteiger partial charge in [-0.15, -0.1) is 6.58 Å². The molecule has 0 aromatic heterocycles. The minimum atomic E-state index is -1.27. The maximum absolute atomic E-state index is 13.7. The van der Waals surface area contributed by atoms with Crippen LogP contribution in [0.5, 0.6) is 11.5 Å². The van der Waals surface area contributed by atoms with E-state index in [2.05, 4.69) is 38.2 Å². The molecule has 0 bridgehead atoms. The molecule has 0 saturated carbocycles. The molecule has 0 aliphatic carbocycles. The summed E-state index contributed by atoms with van der Waals surface area (Å²) in [5.74, 6) is 1.41. The van der Waals surface area contributed by atoms with Crippen molar-refractivity contribution in [3.8, 4) is 11.5 Å². The first-order valence-electron chi connectivity index (χ1n) is 12.6. The predicted octanol–water partition coefficient (Wildman–Crippen LogP) is 4.35. The number of methoxy groups -OCH3 is 1. The van der Waals surface area contributed by atoms with Crippen molar-refractivity contribution in [3.63, 3.8) is 0 Å². The molecule has 1 amide bonds. The first kappa shape index (κ1) is 28.2. The van der Waals surface area contributed by atoms with E-state index in [0.717, 1.165) is 17.5 Å². The number of carbonyl (C=O) groups is 1. The Morgan fingerprint density at radius 3 is 2.62 bits per heavy atom. The van der Waals surface area contributed by atoms with E-state index >= 15 is 0 Å². The second kappa shape index (κ2) is 12.7. The zero-order valence-electron chi connectivity index (χ0n) is 22.3. The number of rotatable bonds is 13. The molecule has 1 aliphatic rings. The van der Waals surface area contributed by atoms with Crippen molar-refractivity contribution in [3.05, 3.63) is 72.3 Å². The lowest BCUT2D eigenvalue weighted by atomic mass is 9.84. The predicted molar refractivity (Wildman–Crippen MR) is 145 cm³/mol. The van der Waals surface area contributed by atoms with E-state index < -0.39 is 11.6 Å². The van der Waals surface area contributed by atoms with Gasteiger partial charge in [-0.1, -0.05) is 39.0 Å². The molecule has 2 aromatic rings. The second-order valence-corrected chi connectivity index (χ2v) is 10.3. The number of hydrogen-bond acceptors (Lipinski definition) is 7. The van der Waals surface area contributed by atoms with Crippen LogP contribution in [-0.2, 0) is 9.53 Å². The highest BCUT2D eigenvalue weighted by Gasteiger charge is 2.52. The van der Waals surface area contributed by atoms with E-state index in [1.54, 1.807) is 13.2 Å². The molecule has 8 nitrogen and oxygen atoms in total. The highest BCUT2D eigenvalue weighted by Crippen LogP contribution is 2.43. The number of hydrogen-bond donors (Lipinski definition) is 3. The Morgan fingerprint density at radius 2 is 1.97 bits per heavy atom. The molecule has 0 radical (unpaired) electrons. The molecule has 2 atom stereocenters. The lowest BCUT2D eigenvalue weighted by Crippen LogP contribution is -2.52. The molecule has 8 heteroatoms. The van der Waals surface area contributed by atoms with Crippen LogP contribution in [0.25, 0.3) is 0 Å². The Balaban J connectivity index is 1.93. The Hall–Kier alpha value is -3.36. The van der Waals surface area contributed by atoms with Gasteiger partial charge in [-0.25, -0.2) is 10.4 Å². The lowest BCUT2D eigenvalue weighted by molar-refractivity contribution is -0.129. The van der Waals surface area contributed by atoms with E-state index in [1.165, 1.54) is 0 Å². The molecule has 1 heterocycles. The van der Waals surface area contributed by atoms with E-state index in [9.17, 15) is 4.79 Å². The Bertz CT molecular complexity index is 1080. The summed E-state index contributed by atoms with van der Waals surface area (Å²) in [4.78, 5) is 18.6. The average molecular weight is 510 g/mol. The minimum Gasteiger partial charge on any atom is -0.497 e. The number of nitrogens with zero attached hydrogens (tertiary/aromatic N) is 1. The van der Waals surface area contributed by atoms with Gasteiger partial charge in [-0.3, -0.25) is 10.2 Å². The standard InChI is InChI=1S/C29H39N3O5/c1-6-15-29(27(34)32-30-17-16-28(2,3)4)25(22-9-7-10-24(20-22)35-5)37-26(31-29)21-11-13-23(14-12-21)36-19-8-18-33/h6-7,9-14,20,25,30,33H,1,8,15-19H2,2-5H3,(H,32,34)/t25-,29-/m0/s1. The van der Waals surface area contributed by atoms with Crippen molar-refractivity contribution in [2.24, 2.45) is 10.4 Å². The highest BCUT2D eigenvalue weighted by molar-refractivity contribution is 6.01. The lowest BCUT2D eigenvalue weighted by Gasteiger charge is -2.30. The van der Waals surface area contributed by atoms with Gasteiger partial charge in [-0.2, -0.15) is 0 Å². The van der Waals surface area contributed by atoms with Crippen LogP contribution in [0.3, 0.4) is 0 Å². The molecule has 0 unspecified atom stereocenters. The van der Waals surface area contributed by atoms with Gasteiger partial charge in [0, 0.05) is 31.6 Å². The summed E-state index contributed by atoms with van der Waals surface area (Å²) in [7, 11) is 1.60. The molecule has 200 valence electrons. The summed E-state index contributed by atoms with van der Waals surface area (Å²) in [5, 5.41) is 8.96. The zero-order chi connectivity index (χ0) is 26.9. The first-order chi connectivity index (χ1) is 17.7. The number of nitrogens with one attached hydrogen (secondary N) is 2. The molecule has 0 fully saturated rings. The number of benzene rings is 2. The third-order valence-corrected chi connectivity index (χ3v) is 6.08. The van der Waals surface area contributed by atoms with Crippen LogP contribution in [0.15, 0.2) is 66.2 Å². The van der Waals surface area contributed by atoms with Crippen molar-refractivity contribution in [2.45, 2.75) is 51.7 Å². The number of hydrazine groups is 1. The van der Waals surface area contributed by atoms with E-state index in [-0.39, 0.29) is 24.3 Å². The Morgan fingerprint density at radius 1 is 1.22 bits per heavy atom. The molecule has 0 spiro atoms. The number of aliphatic hydroxyl groups is 1. The Kier molecular flexibility index (Phi) is 9.72. The van der Waals surface area contributed by atoms with Gasteiger partial charge < -0.3 is 19.3 Å². The highest BCUT2D eigenvalue weighted by atomic mass is 16.5. The van der Waals surface area contributed by atoms with E-state index in [0.29, 0.717) is 37.0 Å². The fourth-order valence-electron chi connectivity index (χ4n) is 4.03. The summed E-state index contributed by atoms with van der Waals surface area (Å²) >= 11 is 0. The van der Waals surface area contributed by atoms with Crippen LogP contribution in [0.1, 0.15) is 57.3 Å². The number of aliphatic hydroxyl groups excluding tert-OH is 1. The van der Waals surface area contributed by atoms with Gasteiger partial charge in [0.25, 0.3) is 5.91 Å². The molecule has 3 N–H and O–H groups in total. The third kappa shape index (κ3) is 7.33. The average Bonchev–Trinajstić information content (AvgIpc) is 3.27. The number of amides is 1. The second-order valence-electron chi connectivity index (χ2n) is 10.3. The molecule has 0 saturated heterocycles. The van der Waals surface area contributed by atoms with Crippen molar-refractivity contribution >= 4 is 11.8 Å². The smallest absolute Gasteiger partial charge is 0.266 e. The number of aliphatic imine (C=N–C) groups is 1. The van der Waals surface area contributed by atoms with Crippen LogP contribution in [0.4, 0.5) is 0 Å². The molecule has 2 aromatic carbocycles. The largest absolute Gasteiger partial charge is 0.497 e. The molecule has 37 heavy (non-hydrogen) atoms. The van der Waals surface area contributed by atoms with Gasteiger partial charge in [-0.05, 0) is 53.8 Å². The van der Waals surface area contributed by atoms with Gasteiger partial charge in [0.1, 0.15) is 11.5 Å². The van der Waals surface area contributed by atoms with Gasteiger partial charge in [0.2, 0.25) is 5.90 Å². The summed E-state index contributed by atoms with van der Waals surface area (Å²) in [6, 6.07) is 14.8. The van der Waals surface area contributed by atoms with Gasteiger partial charge in [0.15, 0.2) is 11.6 Å². The number of carbonyl (C=O) groups excluding carboxylic acids is 1. The summed E-state index contributed by atoms with van der Waals surface area (Å²) < 4.78 is 17.5. The van der Waals surface area contributed by atoms with E-state index in [4.69, 9.17) is 24.3 Å². The molecule has 3 rings (SSSR count). The van der Waals surface area contributed by atoms with Gasteiger partial charge in [0.05, 0.1) is 13.7 Å². The first-order valence-corrected chi connectivity index (χ1v) is 12.6. The maximum atomic E-state index is 13.7. The number of ether oxygens (including phenoxy) is 3. The van der Waals surface area contributed by atoms with Crippen LogP contribution in [-0.4, -0.2) is 49.3 Å². The fraction of sp³-hybridized carbons (Fsp3) is 0.448. The zero-order valence-corrected chi connectivity index (χ0v) is 22.3. The molecular formula is C29H39N3O5. The normalized spacial score (nSPS) is 19.1. The quantitative estimate of drug-likeness (QED) is 0.211. The minimum absolute atomic E-state index is 0.0763. The topological polar surface area (TPSA) is 101 Å². The summed E-state index contributed by atoms with van der Waals surface area (Å²) in [6.45, 7) is 11.5. The Labute approximate surface area is 219 Å². The van der Waals surface area contributed by atoms with Crippen LogP contribution in [0.2, 0.25) is 0 Å². The van der Waals surface area contributed by atoms with Crippen molar-refractivity contribution in [1.29, 1.82) is 0 Å². The summed E-state index contributed by atoms with van der Waals surface area (Å²) in [6.07, 6.45) is 2.71. The van der Waals surface area contributed by atoms with Crippen LogP contribution < -0.4 is 20.3 Å². The van der Waals surface area contributed by atoms with Gasteiger partial charge >= 0.3 is 0 Å². The maximum Gasteiger partial charge on any atom is 0.266 e. The van der Waals surface area contributed by atoms with Crippen molar-refractivity contribution < 1.29 is 24.1 Å². The third-order valence-electron chi connectivity index (χ3n) is 6.08. The van der Waals surface area contributed by atoms with Crippen LogP contribution in [0, 0.1) is 5.41 Å². The van der Waals surface area contributed by atoms with E-state index in [1.807, 2.05) is 48.5 Å². The van der Waals surface area contributed by atoms with Crippen molar-refractivity contribution in [1.82, 2.24) is 10.9 Å². The van der Waals surface area contributed by atoms with Crippen molar-refractivity contribution in [2.75, 3.05) is 26.9 Å². The molecule has 1 aliphatic heterocycles. The SMILES string of the molecule is C=CC[C@]1(C(=O)NNCCC(C)(C)C)N=C(c2ccc(OCCCO)cc2)O[C@H]1c1cccc(OC)c1. The fourth-order valence-corrected chi connectivity index (χ4v) is 4.03. The molecular weight excluding hydrogens is 470 g/mol. The monoisotopic (exact) mass is 509 g/mol.